The van der Waals surface area contributed by atoms with Gasteiger partial charge in [-0.3, -0.25) is 0 Å². The number of allylic oxidation sites excluding steroid dienone is 9. The van der Waals surface area contributed by atoms with Crippen LogP contribution in [0.15, 0.2) is 91.6 Å². The SMILES string of the molecule is C=CCCC1CCC([Si](C)(c2ccccc2)C2C3C=CC=CC3C3C=CC=CC32)C1. The molecule has 7 atom stereocenters. The lowest BCUT2D eigenvalue weighted by molar-refractivity contribution is 0.461. The predicted molar refractivity (Wildman–Crippen MR) is 132 cm³/mol. The van der Waals surface area contributed by atoms with Crippen molar-refractivity contribution in [3.8, 4) is 0 Å². The topological polar surface area (TPSA) is 0 Å². The summed E-state index contributed by atoms with van der Waals surface area (Å²) in [7, 11) is -1.75. The Labute approximate surface area is 184 Å². The molecular formula is C29H36Si. The van der Waals surface area contributed by atoms with Crippen molar-refractivity contribution in [1.29, 1.82) is 0 Å². The highest BCUT2D eigenvalue weighted by Gasteiger charge is 2.58. The molecule has 0 saturated heterocycles. The first-order valence-electron chi connectivity index (χ1n) is 12.1. The first-order chi connectivity index (χ1) is 14.7. The van der Waals surface area contributed by atoms with Crippen molar-refractivity contribution in [1.82, 2.24) is 0 Å². The van der Waals surface area contributed by atoms with Crippen LogP contribution in [-0.2, 0) is 0 Å². The van der Waals surface area contributed by atoms with E-state index in [1.165, 1.54) is 32.1 Å². The van der Waals surface area contributed by atoms with Crippen LogP contribution < -0.4 is 5.19 Å². The highest BCUT2D eigenvalue weighted by atomic mass is 28.3. The Morgan fingerprint density at radius 3 is 2.07 bits per heavy atom. The van der Waals surface area contributed by atoms with E-state index >= 15 is 0 Å². The van der Waals surface area contributed by atoms with Crippen LogP contribution in [0.5, 0.6) is 0 Å². The Balaban J connectivity index is 1.56. The second-order valence-corrected chi connectivity index (χ2v) is 14.9. The molecule has 0 radical (unpaired) electrons. The van der Waals surface area contributed by atoms with Crippen LogP contribution in [0.1, 0.15) is 32.1 Å². The fraction of sp³-hybridized carbons (Fsp3) is 0.448. The number of fused-ring (bicyclic) bond motifs is 3. The van der Waals surface area contributed by atoms with E-state index in [2.05, 4.69) is 98.1 Å². The largest absolute Gasteiger partial charge is 0.103 e. The van der Waals surface area contributed by atoms with Crippen LogP contribution in [0, 0.1) is 29.6 Å². The van der Waals surface area contributed by atoms with E-state index in [4.69, 9.17) is 0 Å². The van der Waals surface area contributed by atoms with Gasteiger partial charge in [-0.15, -0.1) is 6.58 Å². The molecule has 0 amide bonds. The predicted octanol–water partition coefficient (Wildman–Crippen LogP) is 7.21. The zero-order valence-electron chi connectivity index (χ0n) is 18.4. The highest BCUT2D eigenvalue weighted by Crippen LogP contribution is 2.61. The molecule has 0 N–H and O–H groups in total. The Morgan fingerprint density at radius 1 is 0.867 bits per heavy atom. The van der Waals surface area contributed by atoms with E-state index < -0.39 is 8.07 Å². The summed E-state index contributed by atoms with van der Waals surface area (Å²) in [6.07, 6.45) is 28.4. The van der Waals surface area contributed by atoms with E-state index in [0.717, 1.165) is 17.0 Å². The molecule has 2 fully saturated rings. The van der Waals surface area contributed by atoms with Gasteiger partial charge >= 0.3 is 0 Å². The monoisotopic (exact) mass is 412 g/mol. The molecule has 2 saturated carbocycles. The van der Waals surface area contributed by atoms with Gasteiger partial charge in [0.25, 0.3) is 0 Å². The quantitative estimate of drug-likeness (QED) is 0.342. The van der Waals surface area contributed by atoms with Crippen molar-refractivity contribution in [2.45, 2.75) is 49.7 Å². The summed E-state index contributed by atoms with van der Waals surface area (Å²) >= 11 is 0. The molecule has 0 aliphatic heterocycles. The lowest BCUT2D eigenvalue weighted by Crippen LogP contribution is -2.55. The summed E-state index contributed by atoms with van der Waals surface area (Å²) in [5.41, 5.74) is 1.69. The van der Waals surface area contributed by atoms with Gasteiger partial charge in [-0.2, -0.15) is 0 Å². The van der Waals surface area contributed by atoms with Crippen molar-refractivity contribution in [2.24, 2.45) is 29.6 Å². The van der Waals surface area contributed by atoms with Crippen LogP contribution in [-0.4, -0.2) is 8.07 Å². The summed E-state index contributed by atoms with van der Waals surface area (Å²) in [5.74, 6) is 3.66. The van der Waals surface area contributed by atoms with Gasteiger partial charge in [-0.1, -0.05) is 110 Å². The molecule has 5 rings (SSSR count). The van der Waals surface area contributed by atoms with Gasteiger partial charge < -0.3 is 0 Å². The van der Waals surface area contributed by atoms with Gasteiger partial charge in [0.1, 0.15) is 0 Å². The Bertz CT molecular complexity index is 841. The lowest BCUT2D eigenvalue weighted by Gasteiger charge is -2.45. The fourth-order valence-electron chi connectivity index (χ4n) is 7.56. The molecule has 30 heavy (non-hydrogen) atoms. The third kappa shape index (κ3) is 3.26. The van der Waals surface area contributed by atoms with Crippen LogP contribution in [0.4, 0.5) is 0 Å². The number of hydrogen-bond acceptors (Lipinski definition) is 0. The molecule has 0 bridgehead atoms. The smallest absolute Gasteiger partial charge is 0.0909 e. The molecule has 0 spiro atoms. The number of rotatable bonds is 6. The lowest BCUT2D eigenvalue weighted by atomic mass is 9.83. The highest BCUT2D eigenvalue weighted by molar-refractivity contribution is 6.93. The molecule has 1 aromatic carbocycles. The number of benzene rings is 1. The molecule has 4 aliphatic carbocycles. The third-order valence-corrected chi connectivity index (χ3v) is 14.9. The molecule has 4 aliphatic rings. The van der Waals surface area contributed by atoms with E-state index in [9.17, 15) is 0 Å². The van der Waals surface area contributed by atoms with Crippen molar-refractivity contribution in [2.75, 3.05) is 0 Å². The first-order valence-corrected chi connectivity index (χ1v) is 14.8. The summed E-state index contributed by atoms with van der Waals surface area (Å²) in [5, 5.41) is 1.70. The maximum Gasteiger partial charge on any atom is 0.0909 e. The van der Waals surface area contributed by atoms with Gasteiger partial charge in [-0.05, 0) is 59.9 Å². The van der Waals surface area contributed by atoms with Gasteiger partial charge in [0, 0.05) is 0 Å². The van der Waals surface area contributed by atoms with Crippen molar-refractivity contribution < 1.29 is 0 Å². The summed E-state index contributed by atoms with van der Waals surface area (Å²) < 4.78 is 0. The third-order valence-electron chi connectivity index (χ3n) is 8.97. The zero-order chi connectivity index (χ0) is 20.6. The molecule has 1 aromatic rings. The van der Waals surface area contributed by atoms with E-state index in [0.29, 0.717) is 23.7 Å². The fourth-order valence-corrected chi connectivity index (χ4v) is 13.7. The van der Waals surface area contributed by atoms with Gasteiger partial charge in [0.05, 0.1) is 8.07 Å². The van der Waals surface area contributed by atoms with E-state index in [1.54, 1.807) is 5.19 Å². The van der Waals surface area contributed by atoms with Crippen LogP contribution >= 0.6 is 0 Å². The maximum absolute atomic E-state index is 3.97. The van der Waals surface area contributed by atoms with Crippen molar-refractivity contribution >= 4 is 13.3 Å². The summed E-state index contributed by atoms with van der Waals surface area (Å²) in [6, 6.07) is 11.8. The Hall–Kier alpha value is -1.86. The standard InChI is InChI=1S/C29H36Si/c1-3-4-12-22-19-20-24(21-22)30(2,23-13-6-5-7-14-23)29-27-17-10-8-15-25(27)26-16-9-11-18-28(26)29/h3,5-11,13-18,22,24-29H,1,4,12,19-21H2,2H3. The van der Waals surface area contributed by atoms with Crippen LogP contribution in [0.25, 0.3) is 0 Å². The second kappa shape index (κ2) is 8.34. The van der Waals surface area contributed by atoms with E-state index in [-0.39, 0.29) is 0 Å². The molecule has 7 unspecified atom stereocenters. The summed E-state index contributed by atoms with van der Waals surface area (Å²) in [4.78, 5) is 0. The molecular weight excluding hydrogens is 376 g/mol. The van der Waals surface area contributed by atoms with Gasteiger partial charge in [-0.25, -0.2) is 0 Å². The molecule has 0 aromatic heterocycles. The van der Waals surface area contributed by atoms with Crippen LogP contribution in [0.3, 0.4) is 0 Å². The Morgan fingerprint density at radius 2 is 1.47 bits per heavy atom. The van der Waals surface area contributed by atoms with Crippen LogP contribution in [0.2, 0.25) is 17.6 Å². The summed E-state index contributed by atoms with van der Waals surface area (Å²) in [6.45, 7) is 6.74. The molecule has 1 heteroatoms. The number of hydrogen-bond donors (Lipinski definition) is 0. The normalized spacial score (nSPS) is 38.2. The first kappa shape index (κ1) is 20.1. The van der Waals surface area contributed by atoms with Crippen molar-refractivity contribution in [3.63, 3.8) is 0 Å². The molecule has 156 valence electrons. The average Bonchev–Trinajstić information content (AvgIpc) is 3.41. The van der Waals surface area contributed by atoms with Crippen molar-refractivity contribution in [3.05, 3.63) is 91.6 Å². The minimum absolute atomic E-state index is 0.680. The van der Waals surface area contributed by atoms with E-state index in [1.807, 2.05) is 0 Å². The molecule has 0 nitrogen and oxygen atoms in total. The second-order valence-electron chi connectivity index (χ2n) is 10.3. The Kier molecular flexibility index (Phi) is 5.58. The minimum atomic E-state index is -1.75. The molecule has 0 heterocycles. The maximum atomic E-state index is 3.97. The zero-order valence-corrected chi connectivity index (χ0v) is 19.4. The van der Waals surface area contributed by atoms with Gasteiger partial charge in [0.15, 0.2) is 0 Å². The van der Waals surface area contributed by atoms with Gasteiger partial charge in [0.2, 0.25) is 0 Å². The average molecular weight is 413 g/mol. The minimum Gasteiger partial charge on any atom is -0.103 e.